The molecular formula is C29H31F3N8O2. The topological polar surface area (TPSA) is 122 Å². The van der Waals surface area contributed by atoms with Crippen molar-refractivity contribution in [1.82, 2.24) is 29.3 Å². The molecule has 10 nitrogen and oxygen atoms in total. The van der Waals surface area contributed by atoms with E-state index < -0.39 is 23.2 Å². The number of carbonyl (C=O) groups excluding carboxylic acids is 1. The zero-order valence-corrected chi connectivity index (χ0v) is 23.5. The van der Waals surface area contributed by atoms with Crippen molar-refractivity contribution in [3.05, 3.63) is 75.2 Å². The van der Waals surface area contributed by atoms with Crippen molar-refractivity contribution < 1.29 is 18.0 Å². The van der Waals surface area contributed by atoms with Crippen LogP contribution in [0, 0.1) is 6.92 Å². The van der Waals surface area contributed by atoms with Gasteiger partial charge in [0.15, 0.2) is 5.65 Å². The molecule has 2 aromatic carbocycles. The summed E-state index contributed by atoms with van der Waals surface area (Å²) in [5.74, 6) is -0.703. The maximum Gasteiger partial charge on any atom is 0.416 e. The summed E-state index contributed by atoms with van der Waals surface area (Å²) in [7, 11) is 1.54. The maximum absolute atomic E-state index is 14.1. The number of anilines is 2. The van der Waals surface area contributed by atoms with E-state index >= 15 is 0 Å². The van der Waals surface area contributed by atoms with Gasteiger partial charge in [-0.05, 0) is 48.9 Å². The molecule has 2 aromatic heterocycles. The maximum atomic E-state index is 14.1. The highest BCUT2D eigenvalue weighted by atomic mass is 19.4. The van der Waals surface area contributed by atoms with E-state index in [0.717, 1.165) is 25.7 Å². The van der Waals surface area contributed by atoms with E-state index in [-0.39, 0.29) is 35.0 Å². The zero-order valence-electron chi connectivity index (χ0n) is 23.5. The van der Waals surface area contributed by atoms with Crippen molar-refractivity contribution in [2.75, 3.05) is 43.8 Å². The van der Waals surface area contributed by atoms with Gasteiger partial charge in [-0.1, -0.05) is 19.1 Å². The van der Waals surface area contributed by atoms with Crippen LogP contribution in [0.5, 0.6) is 0 Å². The monoisotopic (exact) mass is 580 g/mol. The van der Waals surface area contributed by atoms with Gasteiger partial charge in [-0.2, -0.15) is 18.2 Å². The van der Waals surface area contributed by atoms with Crippen molar-refractivity contribution in [3.63, 3.8) is 0 Å². The lowest BCUT2D eigenvalue weighted by Gasteiger charge is -2.34. The van der Waals surface area contributed by atoms with E-state index in [1.165, 1.54) is 29.9 Å². The molecule has 0 radical (unpaired) electrons. The van der Waals surface area contributed by atoms with Crippen LogP contribution in [0.4, 0.5) is 24.8 Å². The molecule has 1 aliphatic heterocycles. The first-order valence-electron chi connectivity index (χ1n) is 13.5. The SMILES string of the molecule is CCN1CCN(Cc2ccc(C(=O)Nc3ccc(C)c(-c4nc5cnc(N)nc5n(C)c4=O)c3)cc2C(F)(F)F)CC1. The van der Waals surface area contributed by atoms with Gasteiger partial charge in [-0.25, -0.2) is 9.97 Å². The predicted octanol–water partition coefficient (Wildman–Crippen LogP) is 3.69. The second-order valence-electron chi connectivity index (χ2n) is 10.3. The minimum absolute atomic E-state index is 0.00413. The second kappa shape index (κ2) is 11.5. The van der Waals surface area contributed by atoms with Crippen LogP contribution in [0.3, 0.4) is 0 Å². The van der Waals surface area contributed by atoms with Gasteiger partial charge in [-0.15, -0.1) is 0 Å². The molecule has 4 aromatic rings. The van der Waals surface area contributed by atoms with Crippen LogP contribution in [0.1, 0.15) is 34.0 Å². The summed E-state index contributed by atoms with van der Waals surface area (Å²) in [5.41, 5.74) is 6.56. The predicted molar refractivity (Wildman–Crippen MR) is 154 cm³/mol. The quantitative estimate of drug-likeness (QED) is 0.354. The second-order valence-corrected chi connectivity index (χ2v) is 10.3. The Bertz CT molecular complexity index is 1710. The van der Waals surface area contributed by atoms with Gasteiger partial charge >= 0.3 is 6.18 Å². The van der Waals surface area contributed by atoms with Gasteiger partial charge < -0.3 is 16.0 Å². The highest BCUT2D eigenvalue weighted by Gasteiger charge is 2.34. The van der Waals surface area contributed by atoms with E-state index in [4.69, 9.17) is 5.73 Å². The number of rotatable bonds is 6. The zero-order chi connectivity index (χ0) is 30.2. The number of aromatic nitrogens is 4. The minimum Gasteiger partial charge on any atom is -0.368 e. The molecule has 1 amide bonds. The van der Waals surface area contributed by atoms with Crippen molar-refractivity contribution in [2.45, 2.75) is 26.6 Å². The lowest BCUT2D eigenvalue weighted by Crippen LogP contribution is -2.45. The number of likely N-dealkylation sites (N-methyl/N-ethyl adjacent to an activating group) is 1. The fourth-order valence-corrected chi connectivity index (χ4v) is 5.09. The molecular weight excluding hydrogens is 549 g/mol. The molecule has 0 unspecified atom stereocenters. The Labute approximate surface area is 240 Å². The third-order valence-electron chi connectivity index (χ3n) is 7.56. The fourth-order valence-electron chi connectivity index (χ4n) is 5.09. The number of alkyl halides is 3. The number of piperazine rings is 1. The summed E-state index contributed by atoms with van der Waals surface area (Å²) in [4.78, 5) is 43.0. The lowest BCUT2D eigenvalue weighted by molar-refractivity contribution is -0.138. The number of hydrogen-bond donors (Lipinski definition) is 2. The number of nitrogens with one attached hydrogen (secondary N) is 1. The number of nitrogens with zero attached hydrogens (tertiary/aromatic N) is 6. The van der Waals surface area contributed by atoms with Crippen LogP contribution < -0.4 is 16.6 Å². The number of halogens is 3. The summed E-state index contributed by atoms with van der Waals surface area (Å²) >= 11 is 0. The molecule has 3 heterocycles. The average Bonchev–Trinajstić information content (AvgIpc) is 2.96. The Balaban J connectivity index is 1.41. The van der Waals surface area contributed by atoms with Gasteiger partial charge in [0.05, 0.1) is 11.8 Å². The van der Waals surface area contributed by atoms with Gasteiger partial charge in [0.1, 0.15) is 11.2 Å². The molecule has 220 valence electrons. The first kappa shape index (κ1) is 29.1. The Kier molecular flexibility index (Phi) is 7.97. The molecule has 5 rings (SSSR count). The number of carbonyl (C=O) groups is 1. The number of fused-ring (bicyclic) bond motifs is 1. The smallest absolute Gasteiger partial charge is 0.368 e. The number of nitrogens with two attached hydrogens (primary N) is 1. The van der Waals surface area contributed by atoms with Crippen LogP contribution in [0.15, 0.2) is 47.4 Å². The molecule has 3 N–H and O–H groups in total. The third kappa shape index (κ3) is 5.97. The first-order valence-corrected chi connectivity index (χ1v) is 13.5. The lowest BCUT2D eigenvalue weighted by atomic mass is 10.0. The normalized spacial score (nSPS) is 14.8. The number of amides is 1. The molecule has 0 aliphatic carbocycles. The van der Waals surface area contributed by atoms with E-state index in [1.807, 2.05) is 4.90 Å². The minimum atomic E-state index is -4.62. The third-order valence-corrected chi connectivity index (χ3v) is 7.56. The Morgan fingerprint density at radius 2 is 1.76 bits per heavy atom. The summed E-state index contributed by atoms with van der Waals surface area (Å²) in [6.45, 7) is 7.88. The molecule has 1 saturated heterocycles. The Morgan fingerprint density at radius 3 is 2.45 bits per heavy atom. The summed E-state index contributed by atoms with van der Waals surface area (Å²) in [6, 6.07) is 8.55. The van der Waals surface area contributed by atoms with Crippen LogP contribution >= 0.6 is 0 Å². The van der Waals surface area contributed by atoms with E-state index in [2.05, 4.69) is 32.1 Å². The largest absolute Gasteiger partial charge is 0.416 e. The molecule has 42 heavy (non-hydrogen) atoms. The summed E-state index contributed by atoms with van der Waals surface area (Å²) in [6.07, 6.45) is -3.21. The van der Waals surface area contributed by atoms with Gasteiger partial charge in [-0.3, -0.25) is 19.1 Å². The molecule has 1 aliphatic rings. The van der Waals surface area contributed by atoms with E-state index in [9.17, 15) is 22.8 Å². The van der Waals surface area contributed by atoms with Crippen molar-refractivity contribution in [2.24, 2.45) is 7.05 Å². The number of benzene rings is 2. The molecule has 0 saturated carbocycles. The van der Waals surface area contributed by atoms with Crippen LogP contribution in [0.25, 0.3) is 22.4 Å². The van der Waals surface area contributed by atoms with Gasteiger partial charge in [0.2, 0.25) is 5.95 Å². The van der Waals surface area contributed by atoms with Gasteiger partial charge in [0, 0.05) is 56.6 Å². The molecule has 0 spiro atoms. The summed E-state index contributed by atoms with van der Waals surface area (Å²) < 4.78 is 43.5. The van der Waals surface area contributed by atoms with E-state index in [1.54, 1.807) is 25.1 Å². The molecule has 13 heteroatoms. The molecule has 0 bridgehead atoms. The fraction of sp³-hybridized carbons (Fsp3) is 0.345. The summed E-state index contributed by atoms with van der Waals surface area (Å²) in [5, 5.41) is 2.67. The number of hydrogen-bond acceptors (Lipinski definition) is 8. The first-order chi connectivity index (χ1) is 19.9. The average molecular weight is 581 g/mol. The Morgan fingerprint density at radius 1 is 1.05 bits per heavy atom. The van der Waals surface area contributed by atoms with Crippen LogP contribution in [-0.4, -0.2) is 67.9 Å². The van der Waals surface area contributed by atoms with Crippen molar-refractivity contribution in [1.29, 1.82) is 0 Å². The molecule has 1 fully saturated rings. The highest BCUT2D eigenvalue weighted by molar-refractivity contribution is 6.04. The Hall–Kier alpha value is -4.36. The standard InChI is InChI=1S/C29H31F3N8O2/c1-4-39-9-11-40(12-10-39)16-19-7-6-18(13-22(19)29(30,31)32)26(41)35-20-8-5-17(2)21(14-20)24-27(42)38(3)25-23(36-24)15-34-28(33)37-25/h5-8,13-15H,4,9-12,16H2,1-3H3,(H,35,41)(H2,33,34,37). The van der Waals surface area contributed by atoms with Crippen molar-refractivity contribution >= 4 is 28.7 Å². The van der Waals surface area contributed by atoms with Crippen molar-refractivity contribution in [3.8, 4) is 11.3 Å². The highest BCUT2D eigenvalue weighted by Crippen LogP contribution is 2.34. The number of nitrogen functional groups attached to an aromatic ring is 1. The van der Waals surface area contributed by atoms with E-state index in [0.29, 0.717) is 35.4 Å². The van der Waals surface area contributed by atoms with Crippen LogP contribution in [-0.2, 0) is 19.8 Å². The molecule has 0 atom stereocenters. The number of aryl methyl sites for hydroxylation is 2. The van der Waals surface area contributed by atoms with Gasteiger partial charge in [0.25, 0.3) is 11.5 Å². The van der Waals surface area contributed by atoms with Crippen LogP contribution in [0.2, 0.25) is 0 Å².